The highest BCUT2D eigenvalue weighted by Crippen LogP contribution is 2.25. The molecule has 2 nitrogen and oxygen atoms in total. The fourth-order valence-corrected chi connectivity index (χ4v) is 2.73. The van der Waals surface area contributed by atoms with Gasteiger partial charge in [0, 0.05) is 3.57 Å². The third-order valence-electron chi connectivity index (χ3n) is 3.84. The van der Waals surface area contributed by atoms with Gasteiger partial charge in [-0.25, -0.2) is 4.79 Å². The van der Waals surface area contributed by atoms with Crippen molar-refractivity contribution < 1.29 is 9.53 Å². The van der Waals surface area contributed by atoms with Gasteiger partial charge in [0.15, 0.2) is 0 Å². The number of aryl methyl sites for hydroxylation is 2. The third kappa shape index (κ3) is 3.85. The molecular formula is C21H17IO2. The molecule has 0 aliphatic rings. The van der Waals surface area contributed by atoms with E-state index in [9.17, 15) is 4.79 Å². The first-order valence-corrected chi connectivity index (χ1v) is 8.76. The van der Waals surface area contributed by atoms with Crippen LogP contribution in [0.2, 0.25) is 0 Å². The van der Waals surface area contributed by atoms with Gasteiger partial charge in [-0.1, -0.05) is 42.0 Å². The monoisotopic (exact) mass is 428 g/mol. The molecular weight excluding hydrogens is 411 g/mol. The molecule has 0 heterocycles. The summed E-state index contributed by atoms with van der Waals surface area (Å²) in [4.78, 5) is 12.1. The van der Waals surface area contributed by atoms with E-state index < -0.39 is 0 Å². The zero-order chi connectivity index (χ0) is 17.1. The van der Waals surface area contributed by atoms with Crippen LogP contribution in [-0.2, 0) is 0 Å². The van der Waals surface area contributed by atoms with Gasteiger partial charge in [-0.2, -0.15) is 0 Å². The van der Waals surface area contributed by atoms with Gasteiger partial charge < -0.3 is 4.74 Å². The van der Waals surface area contributed by atoms with E-state index in [-0.39, 0.29) is 5.97 Å². The maximum atomic E-state index is 12.1. The summed E-state index contributed by atoms with van der Waals surface area (Å²) in [6.07, 6.45) is 0. The lowest BCUT2D eigenvalue weighted by molar-refractivity contribution is 0.0735. The van der Waals surface area contributed by atoms with Gasteiger partial charge in [0.25, 0.3) is 0 Å². The van der Waals surface area contributed by atoms with Crippen molar-refractivity contribution in [3.05, 3.63) is 87.0 Å². The Bertz CT molecular complexity index is 865. The minimum Gasteiger partial charge on any atom is -0.423 e. The number of benzene rings is 3. The standard InChI is InChI=1S/C21H17IO2/c1-14-3-5-17(6-4-14)21(23)24-19-10-7-16(8-11-19)18-9-12-20(22)15(2)13-18/h3-13H,1-2H3. The smallest absolute Gasteiger partial charge is 0.343 e. The van der Waals surface area contributed by atoms with Crippen LogP contribution in [-0.4, -0.2) is 5.97 Å². The van der Waals surface area contributed by atoms with E-state index in [4.69, 9.17) is 4.74 Å². The van der Waals surface area contributed by atoms with Crippen molar-refractivity contribution in [2.75, 3.05) is 0 Å². The lowest BCUT2D eigenvalue weighted by Gasteiger charge is -2.07. The van der Waals surface area contributed by atoms with Gasteiger partial charge in [0.05, 0.1) is 5.56 Å². The Hall–Kier alpha value is -2.14. The van der Waals surface area contributed by atoms with Crippen molar-refractivity contribution in [1.29, 1.82) is 0 Å². The predicted octanol–water partition coefficient (Wildman–Crippen LogP) is 5.79. The van der Waals surface area contributed by atoms with Crippen LogP contribution in [0.1, 0.15) is 21.5 Å². The first kappa shape index (κ1) is 16.7. The van der Waals surface area contributed by atoms with Crippen molar-refractivity contribution >= 4 is 28.6 Å². The molecule has 0 aromatic heterocycles. The molecule has 0 bridgehead atoms. The minimum absolute atomic E-state index is 0.340. The average Bonchev–Trinajstić information content (AvgIpc) is 2.58. The average molecular weight is 428 g/mol. The molecule has 0 spiro atoms. The van der Waals surface area contributed by atoms with Crippen molar-refractivity contribution in [3.8, 4) is 16.9 Å². The van der Waals surface area contributed by atoms with Crippen molar-refractivity contribution in [2.45, 2.75) is 13.8 Å². The van der Waals surface area contributed by atoms with E-state index in [1.165, 1.54) is 9.13 Å². The third-order valence-corrected chi connectivity index (χ3v) is 5.05. The number of halogens is 1. The maximum absolute atomic E-state index is 12.1. The van der Waals surface area contributed by atoms with Crippen molar-refractivity contribution in [2.24, 2.45) is 0 Å². The lowest BCUT2D eigenvalue weighted by atomic mass is 10.0. The molecule has 0 aliphatic heterocycles. The zero-order valence-corrected chi connectivity index (χ0v) is 15.7. The highest BCUT2D eigenvalue weighted by molar-refractivity contribution is 14.1. The number of rotatable bonds is 3. The lowest BCUT2D eigenvalue weighted by Crippen LogP contribution is -2.08. The van der Waals surface area contributed by atoms with Crippen LogP contribution in [0.3, 0.4) is 0 Å². The summed E-state index contributed by atoms with van der Waals surface area (Å²) in [5, 5.41) is 0. The summed E-state index contributed by atoms with van der Waals surface area (Å²) in [5.74, 6) is 0.208. The second kappa shape index (κ2) is 7.18. The van der Waals surface area contributed by atoms with Crippen LogP contribution < -0.4 is 4.74 Å². The fourth-order valence-electron chi connectivity index (χ4n) is 2.40. The van der Waals surface area contributed by atoms with E-state index in [0.29, 0.717) is 11.3 Å². The number of carbonyl (C=O) groups excluding carboxylic acids is 1. The molecule has 0 amide bonds. The van der Waals surface area contributed by atoms with Gasteiger partial charge >= 0.3 is 5.97 Å². The highest BCUT2D eigenvalue weighted by Gasteiger charge is 2.08. The zero-order valence-electron chi connectivity index (χ0n) is 13.5. The SMILES string of the molecule is Cc1ccc(C(=O)Oc2ccc(-c3ccc(I)c(C)c3)cc2)cc1. The molecule has 3 heteroatoms. The summed E-state index contributed by atoms with van der Waals surface area (Å²) >= 11 is 2.33. The first-order chi connectivity index (χ1) is 11.5. The number of hydrogen-bond donors (Lipinski definition) is 0. The molecule has 0 atom stereocenters. The minimum atomic E-state index is -0.340. The van der Waals surface area contributed by atoms with Crippen LogP contribution in [0.15, 0.2) is 66.7 Å². The second-order valence-electron chi connectivity index (χ2n) is 5.74. The van der Waals surface area contributed by atoms with Crippen molar-refractivity contribution in [1.82, 2.24) is 0 Å². The van der Waals surface area contributed by atoms with Crippen LogP contribution in [0.4, 0.5) is 0 Å². The Morgan fingerprint density at radius 1 is 0.833 bits per heavy atom. The Kier molecular flexibility index (Phi) is 5.00. The van der Waals surface area contributed by atoms with E-state index in [1.807, 2.05) is 43.3 Å². The Morgan fingerprint density at radius 2 is 1.46 bits per heavy atom. The van der Waals surface area contributed by atoms with E-state index in [0.717, 1.165) is 16.7 Å². The predicted molar refractivity (Wildman–Crippen MR) is 105 cm³/mol. The summed E-state index contributed by atoms with van der Waals surface area (Å²) < 4.78 is 6.68. The number of carbonyl (C=O) groups is 1. The normalized spacial score (nSPS) is 10.5. The first-order valence-electron chi connectivity index (χ1n) is 7.68. The largest absolute Gasteiger partial charge is 0.423 e. The number of ether oxygens (including phenoxy) is 1. The van der Waals surface area contributed by atoms with E-state index >= 15 is 0 Å². The number of esters is 1. The molecule has 0 aliphatic carbocycles. The molecule has 0 N–H and O–H groups in total. The molecule has 24 heavy (non-hydrogen) atoms. The summed E-state index contributed by atoms with van der Waals surface area (Å²) in [7, 11) is 0. The van der Waals surface area contributed by atoms with Crippen LogP contribution >= 0.6 is 22.6 Å². The maximum Gasteiger partial charge on any atom is 0.343 e. The van der Waals surface area contributed by atoms with Gasteiger partial charge in [-0.05, 0) is 83.5 Å². The molecule has 0 unspecified atom stereocenters. The van der Waals surface area contributed by atoms with Gasteiger partial charge in [0.2, 0.25) is 0 Å². The summed E-state index contributed by atoms with van der Waals surface area (Å²) in [6, 6.07) is 21.3. The molecule has 0 saturated carbocycles. The van der Waals surface area contributed by atoms with Gasteiger partial charge in [0.1, 0.15) is 5.75 Å². The summed E-state index contributed by atoms with van der Waals surface area (Å²) in [5.41, 5.74) is 5.18. The highest BCUT2D eigenvalue weighted by atomic mass is 127. The molecule has 0 radical (unpaired) electrons. The van der Waals surface area contributed by atoms with E-state index in [1.54, 1.807) is 12.1 Å². The molecule has 120 valence electrons. The fraction of sp³-hybridized carbons (Fsp3) is 0.0952. The Labute approximate surface area is 155 Å². The van der Waals surface area contributed by atoms with Crippen molar-refractivity contribution in [3.63, 3.8) is 0 Å². The quantitative estimate of drug-likeness (QED) is 0.300. The molecule has 3 aromatic rings. The molecule has 3 aromatic carbocycles. The summed E-state index contributed by atoms with van der Waals surface area (Å²) in [6.45, 7) is 4.09. The molecule has 0 fully saturated rings. The van der Waals surface area contributed by atoms with Crippen LogP contribution in [0.5, 0.6) is 5.75 Å². The second-order valence-corrected chi connectivity index (χ2v) is 6.91. The Morgan fingerprint density at radius 3 is 2.08 bits per heavy atom. The van der Waals surface area contributed by atoms with Crippen LogP contribution in [0, 0.1) is 17.4 Å². The Balaban J connectivity index is 1.75. The van der Waals surface area contributed by atoms with Gasteiger partial charge in [-0.15, -0.1) is 0 Å². The van der Waals surface area contributed by atoms with E-state index in [2.05, 4.69) is 47.7 Å². The molecule has 3 rings (SSSR count). The topological polar surface area (TPSA) is 26.3 Å². The number of hydrogen-bond acceptors (Lipinski definition) is 2. The van der Waals surface area contributed by atoms with Gasteiger partial charge in [-0.3, -0.25) is 0 Å². The van der Waals surface area contributed by atoms with Crippen LogP contribution in [0.25, 0.3) is 11.1 Å². The molecule has 0 saturated heterocycles.